The van der Waals surface area contributed by atoms with Crippen LogP contribution < -0.4 is 5.32 Å². The van der Waals surface area contributed by atoms with Gasteiger partial charge in [-0.25, -0.2) is 9.07 Å². The minimum absolute atomic E-state index is 0.147. The smallest absolute Gasteiger partial charge is 0.272 e. The van der Waals surface area contributed by atoms with E-state index in [1.807, 2.05) is 4.68 Å². The summed E-state index contributed by atoms with van der Waals surface area (Å²) in [7, 11) is 0. The standard InChI is InChI=1S/C20H24FN3O2/c1-20(2,11-25)22-19(26)17-16-12-3-5-13(6-4-12)18(16)24(23-17)15-9-7-14(21)8-10-15/h7-10,12-13,25H,3-6,11H2,1-2H3,(H,22,26). The van der Waals surface area contributed by atoms with Gasteiger partial charge in [0.05, 0.1) is 23.5 Å². The van der Waals surface area contributed by atoms with Crippen LogP contribution in [0.2, 0.25) is 0 Å². The molecule has 0 spiro atoms. The normalized spacial score (nSPS) is 21.5. The molecule has 1 saturated carbocycles. The summed E-state index contributed by atoms with van der Waals surface area (Å²) in [6.45, 7) is 3.41. The van der Waals surface area contributed by atoms with Gasteiger partial charge in [-0.15, -0.1) is 0 Å². The molecule has 0 atom stereocenters. The average Bonchev–Trinajstić information content (AvgIpc) is 3.06. The molecule has 1 amide bonds. The fourth-order valence-corrected chi connectivity index (χ4v) is 4.25. The lowest BCUT2D eigenvalue weighted by Crippen LogP contribution is -2.46. The van der Waals surface area contributed by atoms with Gasteiger partial charge in [0, 0.05) is 11.5 Å². The van der Waals surface area contributed by atoms with E-state index in [1.54, 1.807) is 26.0 Å². The van der Waals surface area contributed by atoms with Gasteiger partial charge >= 0.3 is 0 Å². The topological polar surface area (TPSA) is 67.2 Å². The molecule has 1 fully saturated rings. The summed E-state index contributed by atoms with van der Waals surface area (Å²) < 4.78 is 15.2. The first kappa shape index (κ1) is 17.2. The minimum Gasteiger partial charge on any atom is -0.394 e. The molecule has 1 aromatic carbocycles. The van der Waals surface area contributed by atoms with E-state index in [-0.39, 0.29) is 18.3 Å². The Morgan fingerprint density at radius 3 is 2.46 bits per heavy atom. The molecule has 2 bridgehead atoms. The molecule has 2 N–H and O–H groups in total. The van der Waals surface area contributed by atoms with Gasteiger partial charge in [0.1, 0.15) is 5.82 Å². The molecular weight excluding hydrogens is 333 g/mol. The predicted molar refractivity (Wildman–Crippen MR) is 96.1 cm³/mol. The van der Waals surface area contributed by atoms with Gasteiger partial charge in [-0.1, -0.05) is 0 Å². The predicted octanol–water partition coefficient (Wildman–Crippen LogP) is 3.27. The average molecular weight is 357 g/mol. The number of carbonyl (C=O) groups excluding carboxylic acids is 1. The molecule has 0 unspecified atom stereocenters. The third kappa shape index (κ3) is 2.82. The van der Waals surface area contributed by atoms with E-state index in [4.69, 9.17) is 0 Å². The van der Waals surface area contributed by atoms with Crippen LogP contribution in [0.5, 0.6) is 0 Å². The van der Waals surface area contributed by atoms with Crippen molar-refractivity contribution in [3.63, 3.8) is 0 Å². The SMILES string of the molecule is CC(C)(CO)NC(=O)c1nn(-c2ccc(F)cc2)c2c1C1CCC2CC1. The zero-order chi connectivity index (χ0) is 18.5. The van der Waals surface area contributed by atoms with Crippen LogP contribution >= 0.6 is 0 Å². The molecule has 2 aromatic rings. The highest BCUT2D eigenvalue weighted by molar-refractivity contribution is 5.95. The van der Waals surface area contributed by atoms with Crippen molar-refractivity contribution >= 4 is 5.91 Å². The Morgan fingerprint density at radius 1 is 1.23 bits per heavy atom. The maximum absolute atomic E-state index is 13.3. The number of hydrogen-bond donors (Lipinski definition) is 2. The highest BCUT2D eigenvalue weighted by Gasteiger charge is 2.41. The van der Waals surface area contributed by atoms with Crippen molar-refractivity contribution in [2.75, 3.05) is 6.61 Å². The lowest BCUT2D eigenvalue weighted by molar-refractivity contribution is 0.0861. The second-order valence-electron chi connectivity index (χ2n) is 8.08. The third-order valence-corrected chi connectivity index (χ3v) is 5.61. The molecule has 3 aliphatic carbocycles. The Morgan fingerprint density at radius 2 is 1.85 bits per heavy atom. The molecule has 6 heteroatoms. The number of nitrogens with zero attached hydrogens (tertiary/aromatic N) is 2. The molecule has 26 heavy (non-hydrogen) atoms. The lowest BCUT2D eigenvalue weighted by atomic mass is 9.69. The number of rotatable bonds is 4. The maximum Gasteiger partial charge on any atom is 0.272 e. The van der Waals surface area contributed by atoms with Crippen LogP contribution in [-0.2, 0) is 0 Å². The van der Waals surface area contributed by atoms with Crippen molar-refractivity contribution in [1.82, 2.24) is 15.1 Å². The van der Waals surface area contributed by atoms with Gasteiger partial charge in [-0.3, -0.25) is 4.79 Å². The number of benzene rings is 1. The molecule has 5 rings (SSSR count). The Balaban J connectivity index is 1.82. The summed E-state index contributed by atoms with van der Waals surface area (Å²) in [4.78, 5) is 12.9. The minimum atomic E-state index is -0.711. The molecule has 138 valence electrons. The van der Waals surface area contributed by atoms with Crippen LogP contribution in [0.25, 0.3) is 5.69 Å². The van der Waals surface area contributed by atoms with E-state index in [1.165, 1.54) is 12.1 Å². The van der Waals surface area contributed by atoms with Crippen LogP contribution in [0.1, 0.15) is 73.1 Å². The van der Waals surface area contributed by atoms with E-state index >= 15 is 0 Å². The van der Waals surface area contributed by atoms with E-state index in [9.17, 15) is 14.3 Å². The summed E-state index contributed by atoms with van der Waals surface area (Å²) in [5.74, 6) is 0.190. The first-order valence-electron chi connectivity index (χ1n) is 9.22. The fraction of sp³-hybridized carbons (Fsp3) is 0.500. The summed E-state index contributed by atoms with van der Waals surface area (Å²) in [6, 6.07) is 6.23. The van der Waals surface area contributed by atoms with Crippen molar-refractivity contribution in [3.8, 4) is 5.69 Å². The Bertz CT molecular complexity index is 833. The lowest BCUT2D eigenvalue weighted by Gasteiger charge is -2.36. The highest BCUT2D eigenvalue weighted by Crippen LogP contribution is 2.51. The van der Waals surface area contributed by atoms with Crippen molar-refractivity contribution < 1.29 is 14.3 Å². The van der Waals surface area contributed by atoms with Gasteiger partial charge in [-0.05, 0) is 69.7 Å². The zero-order valence-corrected chi connectivity index (χ0v) is 15.1. The number of nitrogens with one attached hydrogen (secondary N) is 1. The first-order valence-corrected chi connectivity index (χ1v) is 9.22. The van der Waals surface area contributed by atoms with Crippen molar-refractivity contribution in [3.05, 3.63) is 47.0 Å². The molecule has 3 aliphatic rings. The van der Waals surface area contributed by atoms with Crippen LogP contribution in [0, 0.1) is 5.82 Å². The second-order valence-corrected chi connectivity index (χ2v) is 8.08. The van der Waals surface area contributed by atoms with Crippen LogP contribution in [0.4, 0.5) is 4.39 Å². The highest BCUT2D eigenvalue weighted by atomic mass is 19.1. The quantitative estimate of drug-likeness (QED) is 0.882. The van der Waals surface area contributed by atoms with Crippen LogP contribution in [-0.4, -0.2) is 32.9 Å². The summed E-state index contributed by atoms with van der Waals surface area (Å²) in [5, 5.41) is 17.0. The van der Waals surface area contributed by atoms with E-state index in [0.29, 0.717) is 17.5 Å². The molecule has 1 aromatic heterocycles. The first-order chi connectivity index (χ1) is 12.4. The van der Waals surface area contributed by atoms with Gasteiger partial charge in [0.15, 0.2) is 5.69 Å². The number of amides is 1. The number of aromatic nitrogens is 2. The largest absolute Gasteiger partial charge is 0.394 e. The second kappa shape index (κ2) is 6.20. The monoisotopic (exact) mass is 357 g/mol. The van der Waals surface area contributed by atoms with E-state index in [2.05, 4.69) is 10.4 Å². The third-order valence-electron chi connectivity index (χ3n) is 5.61. The summed E-state index contributed by atoms with van der Waals surface area (Å²) in [6.07, 6.45) is 4.37. The number of fused-ring (bicyclic) bond motifs is 2. The molecular formula is C20H24FN3O2. The molecule has 0 radical (unpaired) electrons. The Kier molecular flexibility index (Phi) is 4.10. The number of carbonyl (C=O) groups is 1. The van der Waals surface area contributed by atoms with Gasteiger partial charge in [0.2, 0.25) is 0 Å². The maximum atomic E-state index is 13.3. The number of aliphatic hydroxyl groups is 1. The molecule has 0 aliphatic heterocycles. The van der Waals surface area contributed by atoms with E-state index < -0.39 is 5.54 Å². The van der Waals surface area contributed by atoms with Crippen molar-refractivity contribution in [1.29, 1.82) is 0 Å². The van der Waals surface area contributed by atoms with Crippen molar-refractivity contribution in [2.45, 2.75) is 56.9 Å². The zero-order valence-electron chi connectivity index (χ0n) is 15.1. The van der Waals surface area contributed by atoms with Crippen LogP contribution in [0.3, 0.4) is 0 Å². The number of hydrogen-bond acceptors (Lipinski definition) is 3. The van der Waals surface area contributed by atoms with Gasteiger partial charge < -0.3 is 10.4 Å². The Hall–Kier alpha value is -2.21. The number of halogens is 1. The Labute approximate surface area is 152 Å². The molecule has 0 saturated heterocycles. The molecule has 5 nitrogen and oxygen atoms in total. The van der Waals surface area contributed by atoms with E-state index in [0.717, 1.165) is 42.6 Å². The van der Waals surface area contributed by atoms with Gasteiger partial charge in [0.25, 0.3) is 5.91 Å². The molecule has 1 heterocycles. The number of aliphatic hydroxyl groups excluding tert-OH is 1. The summed E-state index contributed by atoms with van der Waals surface area (Å²) in [5.41, 5.74) is 2.65. The van der Waals surface area contributed by atoms with Crippen molar-refractivity contribution in [2.24, 2.45) is 0 Å². The van der Waals surface area contributed by atoms with Gasteiger partial charge in [-0.2, -0.15) is 5.10 Å². The fourth-order valence-electron chi connectivity index (χ4n) is 4.25. The summed E-state index contributed by atoms with van der Waals surface area (Å²) >= 11 is 0. The van der Waals surface area contributed by atoms with Crippen LogP contribution in [0.15, 0.2) is 24.3 Å².